The molecule has 33 heavy (non-hydrogen) atoms. The maximum absolute atomic E-state index is 13.4. The Kier molecular flexibility index (Phi) is 4.33. The second kappa shape index (κ2) is 7.49. The molecule has 6 rings (SSSR count). The number of aromatic amines is 1. The first-order valence-corrected chi connectivity index (χ1v) is 10.4. The van der Waals surface area contributed by atoms with Gasteiger partial charge in [0.05, 0.1) is 10.9 Å². The molecule has 1 aromatic carbocycles. The zero-order valence-corrected chi connectivity index (χ0v) is 17.6. The molecule has 0 aliphatic rings. The standard InChI is InChI=1S/C26H17N5O2/c1-15-4-7-23(33-15)24-19(16-5-6-22-17(9-16)3-2-8-29-22)10-20-25(32)21(13-30-26(20)31-24)18-11-27-14-28-12-18/h2-14H,1H3,(H,30,31,32). The van der Waals surface area contributed by atoms with Crippen molar-refractivity contribution >= 4 is 21.9 Å². The maximum atomic E-state index is 13.4. The molecular weight excluding hydrogens is 414 g/mol. The van der Waals surface area contributed by atoms with Crippen molar-refractivity contribution in [3.8, 4) is 33.7 Å². The topological polar surface area (TPSA) is 97.6 Å². The zero-order chi connectivity index (χ0) is 22.4. The average molecular weight is 431 g/mol. The highest BCUT2D eigenvalue weighted by atomic mass is 16.3. The number of furan rings is 1. The van der Waals surface area contributed by atoms with E-state index in [4.69, 9.17) is 9.40 Å². The number of pyridine rings is 3. The number of benzene rings is 1. The molecule has 158 valence electrons. The molecule has 0 spiro atoms. The van der Waals surface area contributed by atoms with E-state index in [9.17, 15) is 4.79 Å². The van der Waals surface area contributed by atoms with Crippen LogP contribution in [0.1, 0.15) is 5.76 Å². The van der Waals surface area contributed by atoms with Crippen LogP contribution < -0.4 is 5.43 Å². The minimum Gasteiger partial charge on any atom is -0.460 e. The van der Waals surface area contributed by atoms with Crippen LogP contribution in [0.3, 0.4) is 0 Å². The van der Waals surface area contributed by atoms with Gasteiger partial charge in [0.25, 0.3) is 0 Å². The Hall–Kier alpha value is -4.65. The Labute approximate surface area is 187 Å². The van der Waals surface area contributed by atoms with Gasteiger partial charge < -0.3 is 9.40 Å². The summed E-state index contributed by atoms with van der Waals surface area (Å²) in [4.78, 5) is 33.9. The number of aryl methyl sites for hydroxylation is 1. The van der Waals surface area contributed by atoms with E-state index in [1.165, 1.54) is 6.33 Å². The van der Waals surface area contributed by atoms with Crippen LogP contribution in [0.5, 0.6) is 0 Å². The zero-order valence-electron chi connectivity index (χ0n) is 17.6. The molecule has 7 heteroatoms. The molecule has 0 fully saturated rings. The van der Waals surface area contributed by atoms with Crippen molar-refractivity contribution in [3.63, 3.8) is 0 Å². The van der Waals surface area contributed by atoms with E-state index in [0.717, 1.165) is 27.8 Å². The van der Waals surface area contributed by atoms with Gasteiger partial charge in [-0.2, -0.15) is 0 Å². The lowest BCUT2D eigenvalue weighted by molar-refractivity contribution is 0.547. The van der Waals surface area contributed by atoms with Gasteiger partial charge >= 0.3 is 0 Å². The highest BCUT2D eigenvalue weighted by molar-refractivity contribution is 5.93. The maximum Gasteiger partial charge on any atom is 0.198 e. The summed E-state index contributed by atoms with van der Waals surface area (Å²) in [7, 11) is 0. The SMILES string of the molecule is Cc1ccc(-c2nc3[nH]cc(-c4cncnc4)c(=O)c3cc2-c2ccc3ncccc3c2)o1. The number of H-pyrrole nitrogens is 1. The van der Waals surface area contributed by atoms with Crippen molar-refractivity contribution in [2.24, 2.45) is 0 Å². The number of nitrogens with one attached hydrogen (secondary N) is 1. The fourth-order valence-electron chi connectivity index (χ4n) is 4.01. The lowest BCUT2D eigenvalue weighted by Gasteiger charge is -2.11. The molecule has 0 aliphatic heterocycles. The summed E-state index contributed by atoms with van der Waals surface area (Å²) < 4.78 is 5.91. The van der Waals surface area contributed by atoms with Gasteiger partial charge in [0.2, 0.25) is 0 Å². The second-order valence-corrected chi connectivity index (χ2v) is 7.76. The van der Waals surface area contributed by atoms with Crippen LogP contribution in [-0.2, 0) is 0 Å². The van der Waals surface area contributed by atoms with Crippen LogP contribution in [0.2, 0.25) is 0 Å². The van der Waals surface area contributed by atoms with Gasteiger partial charge in [0.1, 0.15) is 23.4 Å². The quantitative estimate of drug-likeness (QED) is 0.415. The Morgan fingerprint density at radius 2 is 1.82 bits per heavy atom. The van der Waals surface area contributed by atoms with Crippen LogP contribution in [0.4, 0.5) is 0 Å². The van der Waals surface area contributed by atoms with E-state index in [1.807, 2.05) is 55.5 Å². The Balaban J connectivity index is 1.65. The summed E-state index contributed by atoms with van der Waals surface area (Å²) in [6.45, 7) is 1.89. The van der Waals surface area contributed by atoms with Crippen molar-refractivity contribution in [1.82, 2.24) is 24.9 Å². The first-order valence-electron chi connectivity index (χ1n) is 10.4. The fourth-order valence-corrected chi connectivity index (χ4v) is 4.01. The smallest absolute Gasteiger partial charge is 0.198 e. The second-order valence-electron chi connectivity index (χ2n) is 7.76. The molecule has 0 radical (unpaired) electrons. The van der Waals surface area contributed by atoms with Gasteiger partial charge in [-0.3, -0.25) is 9.78 Å². The van der Waals surface area contributed by atoms with E-state index < -0.39 is 0 Å². The number of fused-ring (bicyclic) bond motifs is 2. The van der Waals surface area contributed by atoms with E-state index in [2.05, 4.69) is 19.9 Å². The summed E-state index contributed by atoms with van der Waals surface area (Å²) >= 11 is 0. The average Bonchev–Trinajstić information content (AvgIpc) is 3.30. The van der Waals surface area contributed by atoms with Crippen molar-refractivity contribution < 1.29 is 4.42 Å². The first-order chi connectivity index (χ1) is 16.2. The molecule has 5 aromatic heterocycles. The van der Waals surface area contributed by atoms with E-state index in [1.54, 1.807) is 24.8 Å². The summed E-state index contributed by atoms with van der Waals surface area (Å²) in [6.07, 6.45) is 8.09. The molecule has 0 saturated carbocycles. The third-order valence-corrected chi connectivity index (χ3v) is 5.62. The third-order valence-electron chi connectivity index (χ3n) is 5.62. The number of hydrogen-bond donors (Lipinski definition) is 1. The van der Waals surface area contributed by atoms with Crippen LogP contribution >= 0.6 is 0 Å². The summed E-state index contributed by atoms with van der Waals surface area (Å²) in [5.74, 6) is 1.42. The van der Waals surface area contributed by atoms with Crippen LogP contribution in [0, 0.1) is 6.92 Å². The van der Waals surface area contributed by atoms with Gasteiger partial charge in [0, 0.05) is 46.9 Å². The molecule has 0 saturated heterocycles. The van der Waals surface area contributed by atoms with Crippen LogP contribution in [-0.4, -0.2) is 24.9 Å². The van der Waals surface area contributed by atoms with Gasteiger partial charge in [0.15, 0.2) is 11.2 Å². The molecule has 1 N–H and O–H groups in total. The van der Waals surface area contributed by atoms with E-state index in [0.29, 0.717) is 33.6 Å². The predicted molar refractivity (Wildman–Crippen MR) is 127 cm³/mol. The van der Waals surface area contributed by atoms with Gasteiger partial charge in [-0.05, 0) is 48.9 Å². The molecule has 5 heterocycles. The van der Waals surface area contributed by atoms with Gasteiger partial charge in [-0.1, -0.05) is 12.1 Å². The van der Waals surface area contributed by atoms with Crippen LogP contribution in [0.25, 0.3) is 55.6 Å². The Morgan fingerprint density at radius 1 is 0.939 bits per heavy atom. The lowest BCUT2D eigenvalue weighted by Crippen LogP contribution is -2.08. The predicted octanol–water partition coefficient (Wildman–Crippen LogP) is 5.16. The molecule has 6 aromatic rings. The van der Waals surface area contributed by atoms with E-state index in [-0.39, 0.29) is 5.43 Å². The van der Waals surface area contributed by atoms with Gasteiger partial charge in [-0.25, -0.2) is 15.0 Å². The first kappa shape index (κ1) is 19.1. The molecule has 0 unspecified atom stereocenters. The molecule has 0 amide bonds. The van der Waals surface area contributed by atoms with Crippen molar-refractivity contribution in [1.29, 1.82) is 0 Å². The number of aromatic nitrogens is 5. The highest BCUT2D eigenvalue weighted by Gasteiger charge is 2.18. The van der Waals surface area contributed by atoms with Crippen molar-refractivity contribution in [2.75, 3.05) is 0 Å². The highest BCUT2D eigenvalue weighted by Crippen LogP contribution is 2.34. The normalized spacial score (nSPS) is 11.3. The third kappa shape index (κ3) is 3.27. The Bertz CT molecular complexity index is 1700. The minimum atomic E-state index is -0.142. The summed E-state index contributed by atoms with van der Waals surface area (Å²) in [6, 6.07) is 15.6. The molecule has 0 atom stereocenters. The largest absolute Gasteiger partial charge is 0.460 e. The Morgan fingerprint density at radius 3 is 2.64 bits per heavy atom. The van der Waals surface area contributed by atoms with Gasteiger partial charge in [-0.15, -0.1) is 0 Å². The molecular formula is C26H17N5O2. The summed E-state index contributed by atoms with van der Waals surface area (Å²) in [5, 5.41) is 1.48. The molecule has 0 bridgehead atoms. The van der Waals surface area contributed by atoms with Crippen molar-refractivity contribution in [3.05, 3.63) is 95.6 Å². The molecule has 0 aliphatic carbocycles. The number of nitrogens with zero attached hydrogens (tertiary/aromatic N) is 4. The monoisotopic (exact) mass is 431 g/mol. The molecule has 7 nitrogen and oxygen atoms in total. The number of hydrogen-bond acceptors (Lipinski definition) is 6. The fraction of sp³-hybridized carbons (Fsp3) is 0.0385. The number of rotatable bonds is 3. The van der Waals surface area contributed by atoms with E-state index >= 15 is 0 Å². The summed E-state index contributed by atoms with van der Waals surface area (Å²) in [5.41, 5.74) is 4.74. The van der Waals surface area contributed by atoms with Crippen LogP contribution in [0.15, 0.2) is 88.9 Å². The minimum absolute atomic E-state index is 0.142. The van der Waals surface area contributed by atoms with Crippen molar-refractivity contribution in [2.45, 2.75) is 6.92 Å². The lowest BCUT2D eigenvalue weighted by atomic mass is 9.98.